The second-order valence-electron chi connectivity index (χ2n) is 22.0. The first kappa shape index (κ1) is 51.7. The third kappa shape index (κ3) is 13.5. The van der Waals surface area contributed by atoms with Crippen LogP contribution in [0, 0.1) is 23.7 Å². The van der Waals surface area contributed by atoms with Crippen molar-refractivity contribution < 1.29 is 33.8 Å². The van der Waals surface area contributed by atoms with E-state index < -0.39 is 17.2 Å². The lowest BCUT2D eigenvalue weighted by atomic mass is 9.80. The molecular formula is C56H82N4O7. The van der Waals surface area contributed by atoms with E-state index in [0.717, 1.165) is 70.9 Å². The quantitative estimate of drug-likeness (QED) is 0.268. The molecule has 0 saturated heterocycles. The molecule has 2 heterocycles. The summed E-state index contributed by atoms with van der Waals surface area (Å²) >= 11 is 0. The molecule has 2 aliphatic heterocycles. The summed E-state index contributed by atoms with van der Waals surface area (Å²) in [4.78, 5) is 54.1. The summed E-state index contributed by atoms with van der Waals surface area (Å²) in [6.45, 7) is 19.0. The van der Waals surface area contributed by atoms with E-state index in [2.05, 4.69) is 72.6 Å². The molecule has 2 unspecified atom stereocenters. The fraction of sp³-hybridized carbons (Fsp3) is 0.643. The lowest BCUT2D eigenvalue weighted by Gasteiger charge is -2.40. The van der Waals surface area contributed by atoms with Crippen LogP contribution in [-0.2, 0) is 31.9 Å². The van der Waals surface area contributed by atoms with E-state index in [4.69, 9.17) is 14.6 Å². The van der Waals surface area contributed by atoms with Crippen LogP contribution in [0.3, 0.4) is 0 Å². The molecule has 368 valence electrons. The Hall–Kier alpha value is -4.64. The van der Waals surface area contributed by atoms with E-state index in [0.29, 0.717) is 49.7 Å². The Morgan fingerprint density at radius 3 is 1.58 bits per heavy atom. The maximum atomic E-state index is 13.6. The summed E-state index contributed by atoms with van der Waals surface area (Å²) in [5, 5.41) is 12.6. The minimum Gasteiger partial charge on any atom is -0.481 e. The molecule has 0 spiro atoms. The summed E-state index contributed by atoms with van der Waals surface area (Å²) in [7, 11) is 3.55. The van der Waals surface area contributed by atoms with Crippen molar-refractivity contribution in [3.8, 4) is 0 Å². The molecule has 2 N–H and O–H groups in total. The van der Waals surface area contributed by atoms with E-state index in [1.54, 1.807) is 28.0 Å². The SMILES string of the molecule is CCC1C2=C(CCN1C(=O)C1CCC(CN(C)C(=O)OC(C)(C)C)CC1)c1ccccc1C2.CCC1NCCC2=C1Cc1ccccc12.CN(CC1CCC(C(=O)O)CC1)C(=O)OC(C)(C)C. The zero-order valence-corrected chi connectivity index (χ0v) is 42.5. The molecule has 11 heteroatoms. The molecule has 2 aromatic carbocycles. The number of hydrogen-bond donors (Lipinski definition) is 2. The van der Waals surface area contributed by atoms with Gasteiger partial charge in [0.2, 0.25) is 5.91 Å². The lowest BCUT2D eigenvalue weighted by molar-refractivity contribution is -0.143. The maximum Gasteiger partial charge on any atom is 0.410 e. The van der Waals surface area contributed by atoms with Gasteiger partial charge in [0, 0.05) is 45.7 Å². The fourth-order valence-corrected chi connectivity index (χ4v) is 11.4. The highest BCUT2D eigenvalue weighted by atomic mass is 16.6. The molecule has 0 aromatic heterocycles. The van der Waals surface area contributed by atoms with Gasteiger partial charge in [0.05, 0.1) is 12.0 Å². The van der Waals surface area contributed by atoms with Gasteiger partial charge in [0.25, 0.3) is 0 Å². The van der Waals surface area contributed by atoms with Crippen LogP contribution in [0.15, 0.2) is 59.7 Å². The van der Waals surface area contributed by atoms with Gasteiger partial charge >= 0.3 is 18.2 Å². The van der Waals surface area contributed by atoms with Crippen LogP contribution in [0.2, 0.25) is 0 Å². The fourth-order valence-electron chi connectivity index (χ4n) is 11.4. The smallest absolute Gasteiger partial charge is 0.410 e. The van der Waals surface area contributed by atoms with Crippen molar-refractivity contribution in [1.29, 1.82) is 0 Å². The van der Waals surface area contributed by atoms with Crippen LogP contribution in [-0.4, -0.2) is 107 Å². The highest BCUT2D eigenvalue weighted by Crippen LogP contribution is 2.43. The lowest BCUT2D eigenvalue weighted by Crippen LogP contribution is -2.48. The maximum absolute atomic E-state index is 13.6. The Bertz CT molecular complexity index is 2110. The average Bonchev–Trinajstić information content (AvgIpc) is 3.87. The van der Waals surface area contributed by atoms with Crippen LogP contribution >= 0.6 is 0 Å². The van der Waals surface area contributed by atoms with Crippen molar-refractivity contribution in [2.45, 2.75) is 169 Å². The normalized spacial score (nSPS) is 24.4. The minimum atomic E-state index is -0.695. The molecule has 2 saturated carbocycles. The summed E-state index contributed by atoms with van der Waals surface area (Å²) in [6, 6.07) is 18.5. The zero-order chi connectivity index (χ0) is 48.6. The molecule has 11 nitrogen and oxygen atoms in total. The molecule has 0 radical (unpaired) electrons. The van der Waals surface area contributed by atoms with Crippen molar-refractivity contribution >= 4 is 35.2 Å². The number of aliphatic carboxylic acids is 1. The Morgan fingerprint density at radius 1 is 0.657 bits per heavy atom. The van der Waals surface area contributed by atoms with Crippen molar-refractivity contribution in [2.24, 2.45) is 23.7 Å². The minimum absolute atomic E-state index is 0.119. The number of nitrogens with zero attached hydrogens (tertiary/aromatic N) is 3. The molecule has 2 aromatic rings. The first-order chi connectivity index (χ1) is 31.8. The van der Waals surface area contributed by atoms with Crippen LogP contribution in [0.1, 0.15) is 155 Å². The van der Waals surface area contributed by atoms with E-state index in [9.17, 15) is 19.2 Å². The van der Waals surface area contributed by atoms with E-state index >= 15 is 0 Å². The molecule has 2 fully saturated rings. The largest absolute Gasteiger partial charge is 0.481 e. The zero-order valence-electron chi connectivity index (χ0n) is 42.5. The molecule has 4 aliphatic carbocycles. The Labute approximate surface area is 402 Å². The first-order valence-electron chi connectivity index (χ1n) is 25.5. The number of carboxylic acids is 1. The second-order valence-corrected chi connectivity index (χ2v) is 22.0. The molecule has 0 bridgehead atoms. The Balaban J connectivity index is 0.000000183. The summed E-state index contributed by atoms with van der Waals surface area (Å²) in [6.07, 6.45) is 13.0. The number of nitrogens with one attached hydrogen (secondary N) is 1. The molecule has 2 atom stereocenters. The molecule has 67 heavy (non-hydrogen) atoms. The van der Waals surface area contributed by atoms with Crippen molar-refractivity contribution in [3.05, 3.63) is 81.9 Å². The number of carbonyl (C=O) groups excluding carboxylic acids is 3. The van der Waals surface area contributed by atoms with Crippen molar-refractivity contribution in [2.75, 3.05) is 40.3 Å². The molecular weight excluding hydrogens is 841 g/mol. The monoisotopic (exact) mass is 923 g/mol. The first-order valence-corrected chi connectivity index (χ1v) is 25.5. The van der Waals surface area contributed by atoms with Crippen LogP contribution in [0.5, 0.6) is 0 Å². The number of rotatable bonds is 8. The van der Waals surface area contributed by atoms with Gasteiger partial charge in [0.15, 0.2) is 0 Å². The topological polar surface area (TPSA) is 129 Å². The van der Waals surface area contributed by atoms with Gasteiger partial charge in [-0.15, -0.1) is 0 Å². The third-order valence-corrected chi connectivity index (χ3v) is 14.7. The third-order valence-electron chi connectivity index (χ3n) is 14.7. The number of fused-ring (bicyclic) bond motifs is 4. The summed E-state index contributed by atoms with van der Waals surface area (Å²) in [5.41, 5.74) is 11.2. The predicted molar refractivity (Wildman–Crippen MR) is 267 cm³/mol. The number of ether oxygens (including phenoxy) is 2. The van der Waals surface area contributed by atoms with Gasteiger partial charge < -0.3 is 34.6 Å². The number of carboxylic acid groups (broad SMARTS) is 1. The average molecular weight is 923 g/mol. The molecule has 6 aliphatic rings. The Morgan fingerprint density at radius 2 is 1.12 bits per heavy atom. The van der Waals surface area contributed by atoms with Crippen LogP contribution < -0.4 is 5.32 Å². The number of amides is 3. The number of carbonyl (C=O) groups is 4. The standard InChI is InChI=1S/C28H40N2O3.C14H25NO4.C14H17N/c1-6-25-24-17-21-9-7-8-10-22(21)23(24)15-16-30(25)26(31)20-13-11-19(12-14-20)18-29(5)27(32)33-28(2,3)4;1-14(2,3)19-13(18)15(4)9-10-5-7-11(8-6-10)12(16)17;1-2-14-13-9-10-5-3-4-6-11(10)12(13)7-8-15-14/h7-10,19-20,25H,6,11-18H2,1-5H3;10-11H,5-9H2,1-4H3,(H,16,17);3-6,14-15H,2,7-9H2,1H3. The van der Waals surface area contributed by atoms with Gasteiger partial charge in [-0.05, 0) is 194 Å². The van der Waals surface area contributed by atoms with E-state index in [-0.39, 0.29) is 30.1 Å². The molecule has 3 amide bonds. The molecule has 8 rings (SSSR count). The van der Waals surface area contributed by atoms with Gasteiger partial charge in [-0.25, -0.2) is 9.59 Å². The van der Waals surface area contributed by atoms with Crippen molar-refractivity contribution in [3.63, 3.8) is 0 Å². The van der Waals surface area contributed by atoms with Gasteiger partial charge in [-0.3, -0.25) is 9.59 Å². The number of hydrogen-bond acceptors (Lipinski definition) is 7. The van der Waals surface area contributed by atoms with E-state index in [1.165, 1.54) is 52.7 Å². The second kappa shape index (κ2) is 22.6. The number of benzene rings is 2. The van der Waals surface area contributed by atoms with Crippen LogP contribution in [0.25, 0.3) is 11.1 Å². The van der Waals surface area contributed by atoms with Gasteiger partial charge in [-0.1, -0.05) is 62.4 Å². The highest BCUT2D eigenvalue weighted by molar-refractivity contribution is 5.84. The predicted octanol–water partition coefficient (Wildman–Crippen LogP) is 11.2. The van der Waals surface area contributed by atoms with Crippen molar-refractivity contribution in [1.82, 2.24) is 20.0 Å². The highest BCUT2D eigenvalue weighted by Gasteiger charge is 2.39. The van der Waals surface area contributed by atoms with Crippen LogP contribution in [0.4, 0.5) is 9.59 Å². The van der Waals surface area contributed by atoms with Gasteiger partial charge in [-0.2, -0.15) is 0 Å². The van der Waals surface area contributed by atoms with E-state index in [1.807, 2.05) is 48.6 Å². The van der Waals surface area contributed by atoms with Gasteiger partial charge in [0.1, 0.15) is 11.2 Å². The summed E-state index contributed by atoms with van der Waals surface area (Å²) in [5.74, 6) is 0.389. The summed E-state index contributed by atoms with van der Waals surface area (Å²) < 4.78 is 10.8. The Kier molecular flexibility index (Phi) is 17.5.